The lowest BCUT2D eigenvalue weighted by Gasteiger charge is -2.45. The normalized spacial score (nSPS) is 26.8. The molecule has 2 amide bonds. The van der Waals surface area contributed by atoms with E-state index in [1.807, 2.05) is 44.2 Å². The third-order valence-electron chi connectivity index (χ3n) is 4.96. The molecule has 0 aliphatic carbocycles. The van der Waals surface area contributed by atoms with Crippen molar-refractivity contribution in [2.45, 2.75) is 42.7 Å². The molecule has 2 aliphatic heterocycles. The minimum absolute atomic E-state index is 0.134. The summed E-state index contributed by atoms with van der Waals surface area (Å²) >= 11 is 1.42. The van der Waals surface area contributed by atoms with Crippen LogP contribution < -0.4 is 0 Å². The summed E-state index contributed by atoms with van der Waals surface area (Å²) in [5.41, 5.74) is 0.866. The molecule has 2 fully saturated rings. The second kappa shape index (κ2) is 7.16. The van der Waals surface area contributed by atoms with E-state index >= 15 is 0 Å². The van der Waals surface area contributed by atoms with Crippen LogP contribution >= 0.6 is 11.8 Å². The van der Waals surface area contributed by atoms with Gasteiger partial charge >= 0.3 is 5.97 Å². The first kappa shape index (κ1) is 19.7. The zero-order valence-electron chi connectivity index (χ0n) is 15.8. The van der Waals surface area contributed by atoms with Gasteiger partial charge in [0.05, 0.1) is 5.37 Å². The Bertz CT molecular complexity index is 752. The van der Waals surface area contributed by atoms with Crippen LogP contribution in [0.25, 0.3) is 0 Å². The van der Waals surface area contributed by atoms with Crippen molar-refractivity contribution >= 4 is 29.5 Å². The van der Waals surface area contributed by atoms with Crippen LogP contribution in [0.2, 0.25) is 0 Å². The van der Waals surface area contributed by atoms with Crippen molar-refractivity contribution < 1.29 is 24.2 Å². The Morgan fingerprint density at radius 1 is 1.30 bits per heavy atom. The van der Waals surface area contributed by atoms with Crippen molar-refractivity contribution in [3.05, 3.63) is 35.9 Å². The van der Waals surface area contributed by atoms with Crippen LogP contribution in [0.3, 0.4) is 0 Å². The van der Waals surface area contributed by atoms with Crippen molar-refractivity contribution in [3.8, 4) is 0 Å². The highest BCUT2D eigenvalue weighted by Gasteiger charge is 2.66. The van der Waals surface area contributed by atoms with E-state index in [-0.39, 0.29) is 12.5 Å². The van der Waals surface area contributed by atoms with E-state index in [9.17, 15) is 19.5 Å². The van der Waals surface area contributed by atoms with E-state index in [2.05, 4.69) is 0 Å². The quantitative estimate of drug-likeness (QED) is 0.591. The van der Waals surface area contributed by atoms with Crippen LogP contribution in [0.1, 0.15) is 19.4 Å². The van der Waals surface area contributed by atoms with Gasteiger partial charge in [-0.2, -0.15) is 0 Å². The van der Waals surface area contributed by atoms with Crippen molar-refractivity contribution in [2.75, 3.05) is 14.1 Å². The number of ether oxygens (including phenoxy) is 1. The summed E-state index contributed by atoms with van der Waals surface area (Å²) in [4.78, 5) is 40.1. The zero-order valence-corrected chi connectivity index (χ0v) is 16.6. The highest BCUT2D eigenvalue weighted by Crippen LogP contribution is 2.54. The van der Waals surface area contributed by atoms with Crippen molar-refractivity contribution in [1.82, 2.24) is 9.80 Å². The number of amides is 2. The third-order valence-corrected chi connectivity index (χ3v) is 6.56. The van der Waals surface area contributed by atoms with Gasteiger partial charge in [0.25, 0.3) is 5.91 Å². The lowest BCUT2D eigenvalue weighted by molar-refractivity contribution is -0.175. The van der Waals surface area contributed by atoms with Gasteiger partial charge in [-0.05, 0) is 19.4 Å². The second-order valence-electron chi connectivity index (χ2n) is 7.56. The fourth-order valence-electron chi connectivity index (χ4n) is 3.54. The number of hydrogen-bond donors (Lipinski definition) is 1. The Kier molecular flexibility index (Phi) is 5.22. The van der Waals surface area contributed by atoms with Crippen LogP contribution in [0, 0.1) is 5.92 Å². The molecule has 4 atom stereocenters. The number of fused-ring (bicyclic) bond motifs is 1. The van der Waals surface area contributed by atoms with Gasteiger partial charge in [0.1, 0.15) is 24.7 Å². The molecule has 3 rings (SSSR count). The fraction of sp³-hybridized carbons (Fsp3) is 0.526. The number of carbonyl (C=O) groups is 3. The monoisotopic (exact) mass is 392 g/mol. The minimum atomic E-state index is -1.41. The highest BCUT2D eigenvalue weighted by molar-refractivity contribution is 8.01. The Hall–Kier alpha value is -2.06. The van der Waals surface area contributed by atoms with Crippen LogP contribution in [0.5, 0.6) is 0 Å². The van der Waals surface area contributed by atoms with Gasteiger partial charge in [-0.15, -0.1) is 11.8 Å². The number of nitrogens with zero attached hydrogens (tertiary/aromatic N) is 2. The molecule has 2 saturated heterocycles. The predicted octanol–water partition coefficient (Wildman–Crippen LogP) is 0.857. The average Bonchev–Trinajstić information content (AvgIpc) is 2.87. The smallest absolute Gasteiger partial charge is 0.330 e. The molecule has 0 radical (unpaired) electrons. The molecule has 0 aromatic heterocycles. The number of β-lactam (4-membered cyclic amide) rings is 1. The maximum absolute atomic E-state index is 12.7. The molecule has 1 aromatic rings. The number of carbonyl (C=O) groups excluding carboxylic acids is 3. The number of aliphatic hydroxyl groups is 1. The largest absolute Gasteiger partial charge is 0.459 e. The van der Waals surface area contributed by atoms with E-state index < -0.39 is 40.1 Å². The second-order valence-corrected chi connectivity index (χ2v) is 9.33. The van der Waals surface area contributed by atoms with Crippen LogP contribution in [0.15, 0.2) is 30.3 Å². The number of likely N-dealkylation sites (N-methyl/N-ethyl adjacent to an activating group) is 1. The first-order valence-corrected chi connectivity index (χ1v) is 9.63. The topological polar surface area (TPSA) is 87.2 Å². The maximum atomic E-state index is 12.7. The molecule has 1 aromatic carbocycles. The minimum Gasteiger partial charge on any atom is -0.459 e. The van der Waals surface area contributed by atoms with Crippen molar-refractivity contribution in [3.63, 3.8) is 0 Å². The Morgan fingerprint density at radius 3 is 2.52 bits per heavy atom. The highest BCUT2D eigenvalue weighted by atomic mass is 32.2. The third kappa shape index (κ3) is 3.43. The lowest BCUT2D eigenvalue weighted by Crippen LogP contribution is -2.67. The molecule has 2 heterocycles. The number of benzene rings is 1. The first-order chi connectivity index (χ1) is 12.6. The molecule has 0 unspecified atom stereocenters. The molecule has 0 bridgehead atoms. The van der Waals surface area contributed by atoms with Crippen LogP contribution in [-0.4, -0.2) is 69.1 Å². The Morgan fingerprint density at radius 2 is 1.93 bits per heavy atom. The average molecular weight is 392 g/mol. The van der Waals surface area contributed by atoms with Gasteiger partial charge in [0, 0.05) is 18.8 Å². The van der Waals surface area contributed by atoms with E-state index in [0.29, 0.717) is 0 Å². The van der Waals surface area contributed by atoms with Crippen LogP contribution in [-0.2, 0) is 25.7 Å². The molecule has 2 aliphatic rings. The number of aliphatic hydroxyl groups excluding tert-OH is 1. The van der Waals surface area contributed by atoms with Gasteiger partial charge in [0.15, 0.2) is 0 Å². The van der Waals surface area contributed by atoms with E-state index in [4.69, 9.17) is 4.74 Å². The molecule has 146 valence electrons. The number of thioether (sulfide) groups is 1. The van der Waals surface area contributed by atoms with E-state index in [1.54, 1.807) is 0 Å². The van der Waals surface area contributed by atoms with Gasteiger partial charge in [-0.3, -0.25) is 9.59 Å². The zero-order chi connectivity index (χ0) is 19.9. The maximum Gasteiger partial charge on any atom is 0.330 e. The molecule has 27 heavy (non-hydrogen) atoms. The SMILES string of the molecule is CN(C)C(=O)[C@@H](O)[C@@H]1C(=O)N2[C@@H]1SC(C)(C)[C@@H]2C(=O)OCc1ccccc1. The summed E-state index contributed by atoms with van der Waals surface area (Å²) in [5.74, 6) is -2.21. The predicted molar refractivity (Wildman–Crippen MR) is 101 cm³/mol. The summed E-state index contributed by atoms with van der Waals surface area (Å²) in [6.45, 7) is 3.87. The van der Waals surface area contributed by atoms with Crippen LogP contribution in [0.4, 0.5) is 0 Å². The molecule has 1 N–H and O–H groups in total. The Labute approximate surface area is 162 Å². The molecule has 7 nitrogen and oxygen atoms in total. The number of esters is 1. The summed E-state index contributed by atoms with van der Waals surface area (Å²) in [6.07, 6.45) is -1.41. The molecule has 0 saturated carbocycles. The first-order valence-electron chi connectivity index (χ1n) is 8.75. The number of hydrogen-bond acceptors (Lipinski definition) is 6. The summed E-state index contributed by atoms with van der Waals surface area (Å²) in [5, 5.41) is 9.89. The molecule has 8 heteroatoms. The van der Waals surface area contributed by atoms with E-state index in [1.165, 1.54) is 35.7 Å². The van der Waals surface area contributed by atoms with Gasteiger partial charge in [0.2, 0.25) is 5.91 Å². The van der Waals surface area contributed by atoms with Gasteiger partial charge in [-0.25, -0.2) is 4.79 Å². The van der Waals surface area contributed by atoms with Crippen molar-refractivity contribution in [1.29, 1.82) is 0 Å². The fourth-order valence-corrected chi connectivity index (χ4v) is 5.25. The number of rotatable bonds is 5. The molecular formula is C19H24N2O5S. The summed E-state index contributed by atoms with van der Waals surface area (Å²) < 4.78 is 4.87. The van der Waals surface area contributed by atoms with E-state index in [0.717, 1.165) is 5.56 Å². The standard InChI is InChI=1S/C19H24N2O5S/c1-19(2)14(18(25)26-10-11-8-6-5-7-9-11)21-15(23)12(17(21)27-19)13(22)16(24)20(3)4/h5-9,12-14,17,22H,10H2,1-4H3/t12-,13+,14+,17-/m1/s1. The Balaban J connectivity index is 1.72. The lowest BCUT2D eigenvalue weighted by atomic mass is 9.87. The van der Waals surface area contributed by atoms with Crippen molar-refractivity contribution in [2.24, 2.45) is 5.92 Å². The summed E-state index contributed by atoms with van der Waals surface area (Å²) in [7, 11) is 3.06. The summed E-state index contributed by atoms with van der Waals surface area (Å²) in [6, 6.07) is 8.58. The molecule has 0 spiro atoms. The molecular weight excluding hydrogens is 368 g/mol. The van der Waals surface area contributed by atoms with Gasteiger partial charge < -0.3 is 19.6 Å². The van der Waals surface area contributed by atoms with Gasteiger partial charge in [-0.1, -0.05) is 30.3 Å².